The number of rotatable bonds is 4. The third kappa shape index (κ3) is 4.10. The van der Waals surface area contributed by atoms with E-state index in [0.29, 0.717) is 21.4 Å². The minimum atomic E-state index is -0.536. The van der Waals surface area contributed by atoms with E-state index >= 15 is 0 Å². The Kier molecular flexibility index (Phi) is 5.22. The molecular formula is C19H13Cl2NO3. The normalized spacial score (nSPS) is 15.6. The molecule has 0 aliphatic carbocycles. The smallest absolute Gasteiger partial charge is 0.363 e. The number of benzene rings is 2. The van der Waals surface area contributed by atoms with E-state index in [-0.39, 0.29) is 11.6 Å². The van der Waals surface area contributed by atoms with Crippen molar-refractivity contribution in [3.8, 4) is 5.75 Å². The van der Waals surface area contributed by atoms with E-state index in [1.54, 1.807) is 43.5 Å². The van der Waals surface area contributed by atoms with Gasteiger partial charge in [-0.25, -0.2) is 9.79 Å². The first-order chi connectivity index (χ1) is 12.1. The average molecular weight is 374 g/mol. The molecule has 0 fully saturated rings. The maximum atomic E-state index is 12.0. The topological polar surface area (TPSA) is 47.9 Å². The van der Waals surface area contributed by atoms with Gasteiger partial charge in [0.2, 0.25) is 5.90 Å². The summed E-state index contributed by atoms with van der Waals surface area (Å²) in [5, 5.41) is 0.950. The van der Waals surface area contributed by atoms with Gasteiger partial charge in [-0.3, -0.25) is 0 Å². The van der Waals surface area contributed by atoms with Crippen LogP contribution < -0.4 is 4.74 Å². The number of hydrogen-bond acceptors (Lipinski definition) is 4. The zero-order valence-electron chi connectivity index (χ0n) is 13.2. The third-order valence-electron chi connectivity index (χ3n) is 3.44. The zero-order valence-corrected chi connectivity index (χ0v) is 14.7. The molecule has 0 saturated heterocycles. The van der Waals surface area contributed by atoms with Gasteiger partial charge in [0.05, 0.1) is 7.11 Å². The Bertz CT molecular complexity index is 917. The van der Waals surface area contributed by atoms with Crippen molar-refractivity contribution >= 4 is 47.2 Å². The summed E-state index contributed by atoms with van der Waals surface area (Å²) >= 11 is 12.0. The standard InChI is InChI=1S/C19H13Cl2NO3/c1-24-17-5-3-2-4-12(17)7-9-18-22-16(19(23)25-18)10-13-6-8-14(20)11-15(13)21/h2-11H,1H3/b9-7+,16-10-. The van der Waals surface area contributed by atoms with Gasteiger partial charge in [0.25, 0.3) is 0 Å². The quantitative estimate of drug-likeness (QED) is 0.558. The Morgan fingerprint density at radius 1 is 1.08 bits per heavy atom. The number of aliphatic imine (C=N–C) groups is 1. The molecule has 1 aliphatic rings. The predicted octanol–water partition coefficient (Wildman–Crippen LogP) is 5.01. The van der Waals surface area contributed by atoms with Gasteiger partial charge in [-0.1, -0.05) is 47.5 Å². The molecule has 0 bridgehead atoms. The molecule has 2 aromatic carbocycles. The predicted molar refractivity (Wildman–Crippen MR) is 100.0 cm³/mol. The van der Waals surface area contributed by atoms with Crippen molar-refractivity contribution in [3.05, 3.63) is 75.4 Å². The van der Waals surface area contributed by atoms with Crippen LogP contribution in [0.25, 0.3) is 12.2 Å². The first-order valence-corrected chi connectivity index (χ1v) is 8.11. The Balaban J connectivity index is 1.85. The molecule has 4 nitrogen and oxygen atoms in total. The highest BCUT2D eigenvalue weighted by Crippen LogP contribution is 2.25. The lowest BCUT2D eigenvalue weighted by atomic mass is 10.2. The van der Waals surface area contributed by atoms with E-state index in [2.05, 4.69) is 4.99 Å². The molecule has 1 aliphatic heterocycles. The van der Waals surface area contributed by atoms with Crippen molar-refractivity contribution in [3.63, 3.8) is 0 Å². The number of cyclic esters (lactones) is 1. The number of ether oxygens (including phenoxy) is 2. The van der Waals surface area contributed by atoms with Crippen molar-refractivity contribution in [2.45, 2.75) is 0 Å². The summed E-state index contributed by atoms with van der Waals surface area (Å²) in [5.41, 5.74) is 1.66. The van der Waals surface area contributed by atoms with Gasteiger partial charge in [-0.15, -0.1) is 0 Å². The van der Waals surface area contributed by atoms with Gasteiger partial charge in [-0.05, 0) is 35.9 Å². The molecule has 0 saturated carbocycles. The van der Waals surface area contributed by atoms with E-state index in [4.69, 9.17) is 32.7 Å². The van der Waals surface area contributed by atoms with Crippen molar-refractivity contribution in [1.29, 1.82) is 0 Å². The van der Waals surface area contributed by atoms with Crippen LogP contribution in [-0.2, 0) is 9.53 Å². The van der Waals surface area contributed by atoms with Gasteiger partial charge in [0, 0.05) is 21.7 Å². The van der Waals surface area contributed by atoms with Gasteiger partial charge < -0.3 is 9.47 Å². The van der Waals surface area contributed by atoms with Crippen molar-refractivity contribution in [1.82, 2.24) is 0 Å². The molecule has 0 atom stereocenters. The van der Waals surface area contributed by atoms with E-state index in [9.17, 15) is 4.79 Å². The van der Waals surface area contributed by atoms with Gasteiger partial charge >= 0.3 is 5.97 Å². The monoisotopic (exact) mass is 373 g/mol. The fourth-order valence-corrected chi connectivity index (χ4v) is 2.69. The molecule has 0 unspecified atom stereocenters. The summed E-state index contributed by atoms with van der Waals surface area (Å²) in [6.45, 7) is 0. The Morgan fingerprint density at radius 3 is 2.64 bits per heavy atom. The van der Waals surface area contributed by atoms with Crippen LogP contribution in [0.3, 0.4) is 0 Å². The maximum Gasteiger partial charge on any atom is 0.363 e. The van der Waals surface area contributed by atoms with E-state index in [1.807, 2.05) is 24.3 Å². The molecule has 0 N–H and O–H groups in total. The first-order valence-electron chi connectivity index (χ1n) is 7.35. The molecule has 126 valence electrons. The molecule has 0 amide bonds. The molecule has 6 heteroatoms. The zero-order chi connectivity index (χ0) is 17.8. The summed E-state index contributed by atoms with van der Waals surface area (Å²) < 4.78 is 10.4. The summed E-state index contributed by atoms with van der Waals surface area (Å²) in [6.07, 6.45) is 4.94. The molecular weight excluding hydrogens is 361 g/mol. The van der Waals surface area contributed by atoms with Crippen LogP contribution in [0.4, 0.5) is 0 Å². The highest BCUT2D eigenvalue weighted by molar-refractivity contribution is 6.35. The molecule has 0 aromatic heterocycles. The van der Waals surface area contributed by atoms with E-state index in [1.165, 1.54) is 0 Å². The molecule has 1 heterocycles. The second-order valence-corrected chi connectivity index (χ2v) is 5.95. The second kappa shape index (κ2) is 7.55. The maximum absolute atomic E-state index is 12.0. The summed E-state index contributed by atoms with van der Waals surface area (Å²) in [4.78, 5) is 16.2. The molecule has 0 radical (unpaired) electrons. The second-order valence-electron chi connectivity index (χ2n) is 5.11. The minimum Gasteiger partial charge on any atom is -0.496 e. The number of methoxy groups -OCH3 is 1. The summed E-state index contributed by atoms with van der Waals surface area (Å²) in [6, 6.07) is 12.5. The van der Waals surface area contributed by atoms with E-state index < -0.39 is 5.97 Å². The molecule has 2 aromatic rings. The Labute approximate surface area is 155 Å². The van der Waals surface area contributed by atoms with E-state index in [0.717, 1.165) is 5.56 Å². The van der Waals surface area contributed by atoms with Gasteiger partial charge in [0.15, 0.2) is 5.70 Å². The SMILES string of the molecule is COc1ccccc1/C=C/C1=NC(=C\c2ccc(Cl)cc2Cl)/C(=O)O1. The lowest BCUT2D eigenvalue weighted by Crippen LogP contribution is -2.01. The van der Waals surface area contributed by atoms with Crippen molar-refractivity contribution in [2.75, 3.05) is 7.11 Å². The van der Waals surface area contributed by atoms with Crippen LogP contribution in [0.15, 0.2) is 59.2 Å². The van der Waals surface area contributed by atoms with Crippen LogP contribution in [0.1, 0.15) is 11.1 Å². The Morgan fingerprint density at radius 2 is 1.88 bits per heavy atom. The number of esters is 1. The Hall–Kier alpha value is -2.56. The third-order valence-corrected chi connectivity index (χ3v) is 4.00. The summed E-state index contributed by atoms with van der Waals surface area (Å²) in [7, 11) is 1.59. The number of halogens is 2. The number of carbonyl (C=O) groups is 1. The van der Waals surface area contributed by atoms with Crippen LogP contribution in [0.5, 0.6) is 5.75 Å². The first kappa shape index (κ1) is 17.3. The number of carbonyl (C=O) groups excluding carboxylic acids is 1. The fraction of sp³-hybridized carbons (Fsp3) is 0.0526. The van der Waals surface area contributed by atoms with Crippen LogP contribution in [-0.4, -0.2) is 19.0 Å². The van der Waals surface area contributed by atoms with Crippen LogP contribution in [0.2, 0.25) is 10.0 Å². The number of nitrogens with zero attached hydrogens (tertiary/aromatic N) is 1. The lowest BCUT2D eigenvalue weighted by Gasteiger charge is -2.02. The minimum absolute atomic E-state index is 0.170. The highest BCUT2D eigenvalue weighted by Gasteiger charge is 2.21. The lowest BCUT2D eigenvalue weighted by molar-refractivity contribution is -0.129. The van der Waals surface area contributed by atoms with Crippen molar-refractivity contribution < 1.29 is 14.3 Å². The number of para-hydroxylation sites is 1. The molecule has 0 spiro atoms. The van der Waals surface area contributed by atoms with Gasteiger partial charge in [0.1, 0.15) is 5.75 Å². The highest BCUT2D eigenvalue weighted by atomic mass is 35.5. The average Bonchev–Trinajstić information content (AvgIpc) is 2.95. The van der Waals surface area contributed by atoms with Crippen LogP contribution in [0, 0.1) is 0 Å². The number of hydrogen-bond donors (Lipinski definition) is 0. The van der Waals surface area contributed by atoms with Crippen LogP contribution >= 0.6 is 23.2 Å². The summed E-state index contributed by atoms with van der Waals surface area (Å²) in [5.74, 6) is 0.380. The fourth-order valence-electron chi connectivity index (χ4n) is 2.23. The molecule has 3 rings (SSSR count). The van der Waals surface area contributed by atoms with Gasteiger partial charge in [-0.2, -0.15) is 0 Å². The molecule has 25 heavy (non-hydrogen) atoms. The van der Waals surface area contributed by atoms with Crippen molar-refractivity contribution in [2.24, 2.45) is 4.99 Å². The largest absolute Gasteiger partial charge is 0.496 e.